The Hall–Kier alpha value is -1.10. The fourth-order valence-corrected chi connectivity index (χ4v) is 3.28. The summed E-state index contributed by atoms with van der Waals surface area (Å²) in [4.78, 5) is 26.5. The lowest BCUT2D eigenvalue weighted by Crippen LogP contribution is -3.18. The summed E-state index contributed by atoms with van der Waals surface area (Å²) in [5.74, 6) is 1.29. The monoisotopic (exact) mass is 254 g/mol. The molecule has 0 saturated carbocycles. The van der Waals surface area contributed by atoms with Crippen molar-refractivity contribution in [1.82, 2.24) is 10.2 Å². The van der Waals surface area contributed by atoms with Crippen molar-refractivity contribution in [2.45, 2.75) is 33.2 Å². The Kier molecular flexibility index (Phi) is 3.90. The van der Waals surface area contributed by atoms with E-state index in [9.17, 15) is 9.59 Å². The maximum atomic E-state index is 12.3. The molecule has 2 aliphatic rings. The van der Waals surface area contributed by atoms with Gasteiger partial charge in [-0.3, -0.25) is 9.69 Å². The average molecular weight is 254 g/mol. The first-order chi connectivity index (χ1) is 8.49. The molecule has 0 aliphatic carbocycles. The second-order valence-electron chi connectivity index (χ2n) is 5.96. The molecule has 2 N–H and O–H groups in total. The van der Waals surface area contributed by atoms with E-state index >= 15 is 0 Å². The molecule has 102 valence electrons. The minimum atomic E-state index is -0.232. The average Bonchev–Trinajstić information content (AvgIpc) is 2.72. The van der Waals surface area contributed by atoms with Gasteiger partial charge in [-0.2, -0.15) is 0 Å². The summed E-state index contributed by atoms with van der Waals surface area (Å²) in [5.41, 5.74) is 0. The third-order valence-corrected chi connectivity index (χ3v) is 4.13. The zero-order valence-electron chi connectivity index (χ0n) is 11.5. The molecule has 0 radical (unpaired) electrons. The first kappa shape index (κ1) is 13.3. The van der Waals surface area contributed by atoms with Gasteiger partial charge in [0.05, 0.1) is 13.1 Å². The summed E-state index contributed by atoms with van der Waals surface area (Å²) in [6.07, 6.45) is 1.24. The number of nitrogens with one attached hydrogen (secondary N) is 2. The highest BCUT2D eigenvalue weighted by atomic mass is 16.2. The van der Waals surface area contributed by atoms with Gasteiger partial charge in [-0.05, 0) is 13.3 Å². The topological polar surface area (TPSA) is 53.9 Å². The second kappa shape index (κ2) is 5.26. The Morgan fingerprint density at radius 3 is 2.50 bits per heavy atom. The smallest absolute Gasteiger partial charge is 0.324 e. The summed E-state index contributed by atoms with van der Waals surface area (Å²) >= 11 is 0. The Morgan fingerprint density at radius 1 is 1.39 bits per heavy atom. The summed E-state index contributed by atoms with van der Waals surface area (Å²) in [5, 5.41) is 2.68. The fraction of sp³-hybridized carbons (Fsp3) is 0.846. The van der Waals surface area contributed by atoms with E-state index < -0.39 is 0 Å². The zero-order chi connectivity index (χ0) is 13.3. The van der Waals surface area contributed by atoms with Crippen molar-refractivity contribution in [3.8, 4) is 0 Å². The van der Waals surface area contributed by atoms with Crippen LogP contribution in [0.2, 0.25) is 0 Å². The standard InChI is InChI=1S/C13H23N3O2/c1-9-6-10(2)8-15(7-9)11(3)12(17)16-5-4-14-13(16)18/h9-11H,4-8H2,1-3H3,(H,14,18)/p+1/t9-,10+,11-/m0/s1. The first-order valence-corrected chi connectivity index (χ1v) is 6.92. The molecule has 2 rings (SSSR count). The number of rotatable bonds is 2. The van der Waals surface area contributed by atoms with Gasteiger partial charge < -0.3 is 10.2 Å². The number of hydrogen-bond donors (Lipinski definition) is 2. The Morgan fingerprint density at radius 2 is 2.00 bits per heavy atom. The van der Waals surface area contributed by atoms with Crippen LogP contribution in [0.1, 0.15) is 27.2 Å². The Bertz CT molecular complexity index is 335. The highest BCUT2D eigenvalue weighted by Gasteiger charge is 2.37. The number of piperidine rings is 1. The molecule has 2 heterocycles. The third kappa shape index (κ3) is 2.66. The fourth-order valence-electron chi connectivity index (χ4n) is 3.28. The molecule has 5 nitrogen and oxygen atoms in total. The molecular formula is C13H24N3O2+. The van der Waals surface area contributed by atoms with Crippen LogP contribution in [0.4, 0.5) is 4.79 Å². The van der Waals surface area contributed by atoms with Gasteiger partial charge in [0.2, 0.25) is 0 Å². The van der Waals surface area contributed by atoms with Crippen LogP contribution < -0.4 is 10.2 Å². The van der Waals surface area contributed by atoms with Gasteiger partial charge in [-0.15, -0.1) is 0 Å². The predicted octanol–water partition coefficient (Wildman–Crippen LogP) is -0.512. The van der Waals surface area contributed by atoms with Crippen molar-refractivity contribution in [2.75, 3.05) is 26.2 Å². The van der Waals surface area contributed by atoms with Crippen LogP contribution >= 0.6 is 0 Å². The van der Waals surface area contributed by atoms with Crippen molar-refractivity contribution in [3.05, 3.63) is 0 Å². The molecule has 1 unspecified atom stereocenters. The number of likely N-dealkylation sites (tertiary alicyclic amines) is 1. The molecule has 2 aliphatic heterocycles. The first-order valence-electron chi connectivity index (χ1n) is 6.92. The number of amides is 3. The zero-order valence-corrected chi connectivity index (χ0v) is 11.5. The minimum Gasteiger partial charge on any atom is -0.336 e. The lowest BCUT2D eigenvalue weighted by molar-refractivity contribution is -0.926. The molecular weight excluding hydrogens is 230 g/mol. The number of carbonyl (C=O) groups excluding carboxylic acids is 2. The minimum absolute atomic E-state index is 0.0266. The van der Waals surface area contributed by atoms with E-state index in [1.54, 1.807) is 0 Å². The Balaban J connectivity index is 1.99. The molecule has 5 heteroatoms. The third-order valence-electron chi connectivity index (χ3n) is 4.13. The van der Waals surface area contributed by atoms with Crippen molar-refractivity contribution >= 4 is 11.9 Å². The van der Waals surface area contributed by atoms with Crippen LogP contribution in [0.25, 0.3) is 0 Å². The molecule has 0 spiro atoms. The van der Waals surface area contributed by atoms with Crippen molar-refractivity contribution in [2.24, 2.45) is 11.8 Å². The van der Waals surface area contributed by atoms with Crippen LogP contribution in [-0.4, -0.2) is 49.1 Å². The van der Waals surface area contributed by atoms with Crippen LogP contribution in [0.5, 0.6) is 0 Å². The number of hydrogen-bond acceptors (Lipinski definition) is 2. The van der Waals surface area contributed by atoms with E-state index in [-0.39, 0.29) is 18.0 Å². The highest BCUT2D eigenvalue weighted by Crippen LogP contribution is 2.13. The molecule has 0 aromatic heterocycles. The summed E-state index contributed by atoms with van der Waals surface area (Å²) in [7, 11) is 0. The molecule has 18 heavy (non-hydrogen) atoms. The highest BCUT2D eigenvalue weighted by molar-refractivity contribution is 5.97. The predicted molar refractivity (Wildman–Crippen MR) is 68.2 cm³/mol. The van der Waals surface area contributed by atoms with E-state index in [1.165, 1.54) is 16.2 Å². The van der Waals surface area contributed by atoms with Crippen LogP contribution in [-0.2, 0) is 4.79 Å². The van der Waals surface area contributed by atoms with Crippen molar-refractivity contribution < 1.29 is 14.5 Å². The van der Waals surface area contributed by atoms with E-state index in [1.807, 2.05) is 6.92 Å². The summed E-state index contributed by atoms with van der Waals surface area (Å²) < 4.78 is 0. The lowest BCUT2D eigenvalue weighted by Gasteiger charge is -2.35. The van der Waals surface area contributed by atoms with Gasteiger partial charge in [0.25, 0.3) is 5.91 Å². The number of urea groups is 1. The van der Waals surface area contributed by atoms with E-state index in [0.717, 1.165) is 13.1 Å². The van der Waals surface area contributed by atoms with Crippen molar-refractivity contribution in [3.63, 3.8) is 0 Å². The normalized spacial score (nSPS) is 34.3. The van der Waals surface area contributed by atoms with E-state index in [0.29, 0.717) is 24.9 Å². The molecule has 2 fully saturated rings. The quantitative estimate of drug-likeness (QED) is 0.697. The van der Waals surface area contributed by atoms with E-state index in [4.69, 9.17) is 0 Å². The largest absolute Gasteiger partial charge is 0.336 e. The molecule has 2 saturated heterocycles. The van der Waals surface area contributed by atoms with Gasteiger partial charge >= 0.3 is 6.03 Å². The van der Waals surface area contributed by atoms with Crippen molar-refractivity contribution in [1.29, 1.82) is 0 Å². The van der Waals surface area contributed by atoms with E-state index in [2.05, 4.69) is 19.2 Å². The SMILES string of the molecule is C[C@@H]1C[C@H](C)C[NH+]([C@@H](C)C(=O)N2CCNC2=O)C1. The maximum Gasteiger partial charge on any atom is 0.324 e. The number of nitrogens with zero attached hydrogens (tertiary/aromatic N) is 1. The second-order valence-corrected chi connectivity index (χ2v) is 5.96. The van der Waals surface area contributed by atoms with Crippen LogP contribution in [0, 0.1) is 11.8 Å². The molecule has 0 bridgehead atoms. The number of carbonyl (C=O) groups is 2. The number of quaternary nitrogens is 1. The lowest BCUT2D eigenvalue weighted by atomic mass is 9.91. The van der Waals surface area contributed by atoms with Crippen LogP contribution in [0.15, 0.2) is 0 Å². The summed E-state index contributed by atoms with van der Waals surface area (Å²) in [6, 6.07) is -0.344. The number of imide groups is 1. The van der Waals surface area contributed by atoms with Crippen LogP contribution in [0.3, 0.4) is 0 Å². The van der Waals surface area contributed by atoms with Gasteiger partial charge in [0.15, 0.2) is 6.04 Å². The van der Waals surface area contributed by atoms with Gasteiger partial charge in [0, 0.05) is 24.9 Å². The molecule has 4 atom stereocenters. The molecule has 0 aromatic rings. The van der Waals surface area contributed by atoms with Gasteiger partial charge in [0.1, 0.15) is 0 Å². The van der Waals surface area contributed by atoms with Gasteiger partial charge in [-0.1, -0.05) is 13.8 Å². The Labute approximate surface area is 108 Å². The summed E-state index contributed by atoms with van der Waals surface area (Å²) in [6.45, 7) is 9.61. The molecule has 0 aromatic carbocycles. The molecule has 3 amide bonds. The maximum absolute atomic E-state index is 12.3. The van der Waals surface area contributed by atoms with Gasteiger partial charge in [-0.25, -0.2) is 4.79 Å².